The molecule has 12 heteroatoms. The largest absolute Gasteiger partial charge is 0.477 e. The quantitative estimate of drug-likeness (QED) is 0.276. The van der Waals surface area contributed by atoms with Crippen LogP contribution < -0.4 is 15.8 Å². The standard InChI is InChI=1S/C25H30ClN9O2/c1-14(7-9-37-24-22(15(2)34-35(24)5)23-28-8-6-21(27)33-23)32-17-10-20(26)31-11-16(17)18-12-30-19(13-29-18)25(3,4)36/h6,8,10-14,36H,7,9H2,1-5H3,(H,31,32)(H2,27,28,33)/t14-/m0/s1. The number of nitrogen functional groups attached to an aromatic ring is 1. The van der Waals surface area contributed by atoms with Crippen LogP contribution in [0.4, 0.5) is 11.5 Å². The van der Waals surface area contributed by atoms with Crippen molar-refractivity contribution in [1.29, 1.82) is 0 Å². The predicted molar refractivity (Wildman–Crippen MR) is 142 cm³/mol. The average Bonchev–Trinajstić information content (AvgIpc) is 3.11. The molecule has 4 N–H and O–H groups in total. The molecule has 0 radical (unpaired) electrons. The molecule has 0 saturated carbocycles. The second kappa shape index (κ2) is 10.7. The van der Waals surface area contributed by atoms with Crippen molar-refractivity contribution in [3.63, 3.8) is 0 Å². The number of aromatic nitrogens is 7. The highest BCUT2D eigenvalue weighted by atomic mass is 35.5. The topological polar surface area (TPSA) is 150 Å². The lowest BCUT2D eigenvalue weighted by molar-refractivity contribution is 0.0734. The fourth-order valence-corrected chi connectivity index (χ4v) is 3.92. The normalized spacial score (nSPS) is 12.4. The number of rotatable bonds is 9. The molecule has 1 atom stereocenters. The monoisotopic (exact) mass is 523 g/mol. The molecule has 0 unspecified atom stereocenters. The van der Waals surface area contributed by atoms with Gasteiger partial charge in [0.15, 0.2) is 5.82 Å². The summed E-state index contributed by atoms with van der Waals surface area (Å²) in [5.74, 6) is 1.42. The first-order valence-corrected chi connectivity index (χ1v) is 12.1. The Hall–Kier alpha value is -3.83. The average molecular weight is 524 g/mol. The van der Waals surface area contributed by atoms with E-state index in [1.165, 1.54) is 0 Å². The minimum absolute atomic E-state index is 0.0159. The molecule has 4 aromatic rings. The van der Waals surface area contributed by atoms with E-state index in [1.807, 2.05) is 20.9 Å². The van der Waals surface area contributed by atoms with Crippen LogP contribution in [0.2, 0.25) is 5.15 Å². The molecule has 4 heterocycles. The maximum Gasteiger partial charge on any atom is 0.223 e. The molecule has 0 aliphatic heterocycles. The van der Waals surface area contributed by atoms with Crippen molar-refractivity contribution in [2.75, 3.05) is 17.7 Å². The van der Waals surface area contributed by atoms with Crippen LogP contribution >= 0.6 is 11.6 Å². The smallest absolute Gasteiger partial charge is 0.223 e. The first kappa shape index (κ1) is 26.2. The Balaban J connectivity index is 1.46. The molecule has 0 aliphatic rings. The van der Waals surface area contributed by atoms with E-state index in [0.29, 0.717) is 52.7 Å². The van der Waals surface area contributed by atoms with Crippen molar-refractivity contribution >= 4 is 23.1 Å². The summed E-state index contributed by atoms with van der Waals surface area (Å²) in [5.41, 5.74) is 8.84. The second-order valence-corrected chi connectivity index (χ2v) is 9.66. The van der Waals surface area contributed by atoms with E-state index in [1.54, 1.807) is 55.4 Å². The van der Waals surface area contributed by atoms with Gasteiger partial charge in [-0.05, 0) is 39.8 Å². The van der Waals surface area contributed by atoms with Crippen LogP contribution in [0.5, 0.6) is 5.88 Å². The van der Waals surface area contributed by atoms with E-state index >= 15 is 0 Å². The fraction of sp³-hybridized carbons (Fsp3) is 0.360. The Labute approximate surface area is 220 Å². The van der Waals surface area contributed by atoms with Gasteiger partial charge in [0.25, 0.3) is 0 Å². The molecule has 0 aromatic carbocycles. The van der Waals surface area contributed by atoms with Crippen molar-refractivity contribution < 1.29 is 9.84 Å². The van der Waals surface area contributed by atoms with Gasteiger partial charge >= 0.3 is 0 Å². The number of hydrogen-bond donors (Lipinski definition) is 3. The molecule has 4 aromatic heterocycles. The van der Waals surface area contributed by atoms with Crippen LogP contribution in [0, 0.1) is 6.92 Å². The third-order valence-electron chi connectivity index (χ3n) is 5.69. The first-order valence-electron chi connectivity index (χ1n) is 11.8. The molecule has 0 spiro atoms. The van der Waals surface area contributed by atoms with E-state index in [0.717, 1.165) is 16.9 Å². The van der Waals surface area contributed by atoms with Crippen LogP contribution in [-0.4, -0.2) is 52.5 Å². The summed E-state index contributed by atoms with van der Waals surface area (Å²) in [5, 5.41) is 18.5. The summed E-state index contributed by atoms with van der Waals surface area (Å²) in [4.78, 5) is 21.7. The lowest BCUT2D eigenvalue weighted by Crippen LogP contribution is -2.20. The minimum atomic E-state index is -1.08. The summed E-state index contributed by atoms with van der Waals surface area (Å²) in [6.45, 7) is 7.66. The second-order valence-electron chi connectivity index (χ2n) is 9.28. The van der Waals surface area contributed by atoms with Crippen LogP contribution in [0.1, 0.15) is 38.6 Å². The fourth-order valence-electron chi connectivity index (χ4n) is 3.76. The number of aliphatic hydroxyl groups is 1. The van der Waals surface area contributed by atoms with E-state index in [4.69, 9.17) is 22.1 Å². The van der Waals surface area contributed by atoms with Gasteiger partial charge in [0, 0.05) is 43.2 Å². The highest BCUT2D eigenvalue weighted by molar-refractivity contribution is 6.29. The molecule has 0 fully saturated rings. The predicted octanol–water partition coefficient (Wildman–Crippen LogP) is 3.77. The SMILES string of the molecule is Cc1nn(C)c(OCC[C@H](C)Nc2cc(Cl)ncc2-c2cnc(C(C)(C)O)cn2)c1-c1nccc(N)n1. The third kappa shape index (κ3) is 6.12. The molecule has 37 heavy (non-hydrogen) atoms. The van der Waals surface area contributed by atoms with Gasteiger partial charge in [0.1, 0.15) is 22.1 Å². The first-order chi connectivity index (χ1) is 17.5. The van der Waals surface area contributed by atoms with Crippen LogP contribution in [-0.2, 0) is 12.6 Å². The zero-order valence-corrected chi connectivity index (χ0v) is 22.2. The number of nitrogens with one attached hydrogen (secondary N) is 1. The van der Waals surface area contributed by atoms with Gasteiger partial charge in [-0.2, -0.15) is 5.10 Å². The molecule has 0 bridgehead atoms. The van der Waals surface area contributed by atoms with Gasteiger partial charge in [-0.25, -0.2) is 19.6 Å². The lowest BCUT2D eigenvalue weighted by Gasteiger charge is -2.19. The Bertz CT molecular complexity index is 1380. The van der Waals surface area contributed by atoms with Gasteiger partial charge in [-0.15, -0.1) is 0 Å². The number of halogens is 1. The summed E-state index contributed by atoms with van der Waals surface area (Å²) in [7, 11) is 1.81. The number of pyridine rings is 1. The number of ether oxygens (including phenoxy) is 1. The number of nitrogens with two attached hydrogens (primary N) is 1. The van der Waals surface area contributed by atoms with Crippen LogP contribution in [0.25, 0.3) is 22.6 Å². The number of hydrogen-bond acceptors (Lipinski definition) is 10. The highest BCUT2D eigenvalue weighted by Crippen LogP contribution is 2.32. The Kier molecular flexibility index (Phi) is 7.55. The molecular formula is C25H30ClN9O2. The molecule has 4 rings (SSSR count). The van der Waals surface area contributed by atoms with Gasteiger partial charge < -0.3 is 20.9 Å². The number of nitrogens with zero attached hydrogens (tertiary/aromatic N) is 7. The number of aryl methyl sites for hydroxylation is 2. The number of anilines is 2. The van der Waals surface area contributed by atoms with E-state index < -0.39 is 5.60 Å². The van der Waals surface area contributed by atoms with Crippen LogP contribution in [0.3, 0.4) is 0 Å². The Morgan fingerprint density at radius 3 is 2.65 bits per heavy atom. The van der Waals surface area contributed by atoms with Crippen molar-refractivity contribution in [3.8, 4) is 28.5 Å². The van der Waals surface area contributed by atoms with E-state index in [9.17, 15) is 5.11 Å². The molecular weight excluding hydrogens is 494 g/mol. The van der Waals surface area contributed by atoms with E-state index in [2.05, 4.69) is 35.3 Å². The van der Waals surface area contributed by atoms with Gasteiger partial charge in [0.05, 0.1) is 36.1 Å². The summed E-state index contributed by atoms with van der Waals surface area (Å²) >= 11 is 6.19. The van der Waals surface area contributed by atoms with Crippen LogP contribution in [0.15, 0.2) is 36.9 Å². The lowest BCUT2D eigenvalue weighted by atomic mass is 10.1. The molecule has 0 amide bonds. The Morgan fingerprint density at radius 1 is 1.19 bits per heavy atom. The minimum Gasteiger partial charge on any atom is -0.477 e. The van der Waals surface area contributed by atoms with Crippen molar-refractivity contribution in [2.24, 2.45) is 7.05 Å². The zero-order chi connectivity index (χ0) is 26.7. The maximum atomic E-state index is 10.2. The maximum absolute atomic E-state index is 10.2. The van der Waals surface area contributed by atoms with Crippen molar-refractivity contribution in [2.45, 2.75) is 45.8 Å². The molecule has 11 nitrogen and oxygen atoms in total. The van der Waals surface area contributed by atoms with E-state index in [-0.39, 0.29) is 6.04 Å². The van der Waals surface area contributed by atoms with Gasteiger partial charge in [0.2, 0.25) is 5.88 Å². The molecule has 194 valence electrons. The summed E-state index contributed by atoms with van der Waals surface area (Å²) in [6, 6.07) is 3.40. The molecule has 0 aliphatic carbocycles. The van der Waals surface area contributed by atoms with Crippen molar-refractivity contribution in [3.05, 3.63) is 53.5 Å². The summed E-state index contributed by atoms with van der Waals surface area (Å²) < 4.78 is 7.80. The summed E-state index contributed by atoms with van der Waals surface area (Å²) in [6.07, 6.45) is 7.10. The highest BCUT2D eigenvalue weighted by Gasteiger charge is 2.21. The Morgan fingerprint density at radius 2 is 1.97 bits per heavy atom. The van der Waals surface area contributed by atoms with Gasteiger partial charge in [-0.3, -0.25) is 9.97 Å². The van der Waals surface area contributed by atoms with Crippen molar-refractivity contribution in [1.82, 2.24) is 34.7 Å². The third-order valence-corrected chi connectivity index (χ3v) is 5.89. The zero-order valence-electron chi connectivity index (χ0n) is 21.4. The van der Waals surface area contributed by atoms with Gasteiger partial charge in [-0.1, -0.05) is 11.6 Å². The molecule has 0 saturated heterocycles.